The Morgan fingerprint density at radius 2 is 1.97 bits per heavy atom. The zero-order valence-corrected chi connectivity index (χ0v) is 20.1. The zero-order valence-electron chi connectivity index (χ0n) is 18.5. The molecule has 0 saturated carbocycles. The molecule has 0 spiro atoms. The second kappa shape index (κ2) is 9.63. The van der Waals surface area contributed by atoms with Crippen molar-refractivity contribution >= 4 is 38.9 Å². The fraction of sp³-hybridized carbons (Fsp3) is 0.227. The molecule has 0 unspecified atom stereocenters. The number of rotatable bonds is 6. The van der Waals surface area contributed by atoms with Crippen LogP contribution in [0.4, 0.5) is 14.5 Å². The van der Waals surface area contributed by atoms with E-state index in [9.17, 15) is 32.0 Å². The van der Waals surface area contributed by atoms with Crippen molar-refractivity contribution in [2.75, 3.05) is 16.8 Å². The summed E-state index contributed by atoms with van der Waals surface area (Å²) in [5.74, 6) is -2.11. The third-order valence-corrected chi connectivity index (χ3v) is 7.43. The Balaban J connectivity index is 1.72. The van der Waals surface area contributed by atoms with E-state index in [4.69, 9.17) is 11.6 Å². The summed E-state index contributed by atoms with van der Waals surface area (Å²) in [7, 11) is -3.21. The summed E-state index contributed by atoms with van der Waals surface area (Å²) in [6.45, 7) is 1.54. The topological polar surface area (TPSA) is 147 Å². The van der Waals surface area contributed by atoms with Crippen molar-refractivity contribution in [3.63, 3.8) is 0 Å². The number of nitrogens with one attached hydrogen (secondary N) is 2. The molecule has 1 aliphatic heterocycles. The van der Waals surface area contributed by atoms with Crippen molar-refractivity contribution in [1.29, 1.82) is 5.26 Å². The van der Waals surface area contributed by atoms with Gasteiger partial charge in [0.25, 0.3) is 18.2 Å². The van der Waals surface area contributed by atoms with Crippen LogP contribution in [0.1, 0.15) is 44.1 Å². The van der Waals surface area contributed by atoms with E-state index < -0.39 is 39.8 Å². The van der Waals surface area contributed by atoms with Crippen LogP contribution in [0.15, 0.2) is 36.5 Å². The molecule has 1 aliphatic rings. The minimum atomic E-state index is -3.21. The Bertz CT molecular complexity index is 1520. The lowest BCUT2D eigenvalue weighted by Gasteiger charge is -2.27. The van der Waals surface area contributed by atoms with Gasteiger partial charge in [0.1, 0.15) is 11.4 Å². The number of hydrogen-bond donors (Lipinski definition) is 2. The van der Waals surface area contributed by atoms with Gasteiger partial charge >= 0.3 is 0 Å². The molecule has 3 aromatic rings. The van der Waals surface area contributed by atoms with E-state index in [-0.39, 0.29) is 44.9 Å². The Morgan fingerprint density at radius 3 is 2.58 bits per heavy atom. The fourth-order valence-corrected chi connectivity index (χ4v) is 5.14. The molecular weight excluding hydrogens is 518 g/mol. The molecule has 0 atom stereocenters. The molecule has 14 heteroatoms. The molecule has 2 N–H and O–H groups in total. The van der Waals surface area contributed by atoms with E-state index in [1.54, 1.807) is 6.92 Å². The number of pyridine rings is 1. The first-order valence-corrected chi connectivity index (χ1v) is 12.6. The van der Waals surface area contributed by atoms with Gasteiger partial charge in [0.2, 0.25) is 0 Å². The molecule has 4 rings (SSSR count). The summed E-state index contributed by atoms with van der Waals surface area (Å²) in [6, 6.07) is 7.81. The van der Waals surface area contributed by atoms with Crippen molar-refractivity contribution in [1.82, 2.24) is 20.1 Å². The Kier molecular flexibility index (Phi) is 6.75. The Hall–Kier alpha value is -3.89. The van der Waals surface area contributed by atoms with Crippen LogP contribution in [0.2, 0.25) is 5.02 Å². The molecule has 1 fully saturated rings. The molecule has 1 saturated heterocycles. The fourth-order valence-electron chi connectivity index (χ4n) is 3.65. The standard InChI is InChI=1S/C22H17ClF2N6O4S/c1-11-5-12(8-26)6-14(21(32)28-13-9-36(34,35)10-13)18(11)29-22(33)17-7-16(19(24)25)30-31(17)20-15(23)3-2-4-27-20/h2-7,13,19H,9-10H2,1H3,(H,28,32)(H,29,33). The Morgan fingerprint density at radius 1 is 1.25 bits per heavy atom. The summed E-state index contributed by atoms with van der Waals surface area (Å²) in [6.07, 6.45) is -1.64. The third-order valence-electron chi connectivity index (χ3n) is 5.32. The highest BCUT2D eigenvalue weighted by Crippen LogP contribution is 2.27. The van der Waals surface area contributed by atoms with Crippen molar-refractivity contribution in [3.8, 4) is 11.9 Å². The molecule has 0 radical (unpaired) electrons. The molecule has 0 aliphatic carbocycles. The SMILES string of the molecule is Cc1cc(C#N)cc(C(=O)NC2CS(=O)(=O)C2)c1NC(=O)c1cc(C(F)F)nn1-c1ncccc1Cl. The highest BCUT2D eigenvalue weighted by molar-refractivity contribution is 7.92. The lowest BCUT2D eigenvalue weighted by atomic mass is 10.0. The number of anilines is 1. The van der Waals surface area contributed by atoms with Crippen LogP contribution in [-0.4, -0.2) is 52.5 Å². The van der Waals surface area contributed by atoms with Crippen LogP contribution >= 0.6 is 11.6 Å². The minimum Gasteiger partial charge on any atom is -0.347 e. The number of carbonyl (C=O) groups excluding carboxylic acids is 2. The van der Waals surface area contributed by atoms with Gasteiger partial charge in [-0.05, 0) is 42.8 Å². The summed E-state index contributed by atoms with van der Waals surface area (Å²) in [4.78, 5) is 30.2. The lowest BCUT2D eigenvalue weighted by molar-refractivity contribution is 0.0942. The number of alkyl halides is 2. The number of nitriles is 1. The van der Waals surface area contributed by atoms with E-state index in [1.807, 2.05) is 6.07 Å². The van der Waals surface area contributed by atoms with E-state index in [0.717, 1.165) is 10.7 Å². The zero-order chi connectivity index (χ0) is 26.2. The molecule has 186 valence electrons. The van der Waals surface area contributed by atoms with Gasteiger partial charge in [-0.2, -0.15) is 10.4 Å². The minimum absolute atomic E-state index is 0.0112. The monoisotopic (exact) mass is 534 g/mol. The van der Waals surface area contributed by atoms with Crippen LogP contribution in [0.25, 0.3) is 5.82 Å². The van der Waals surface area contributed by atoms with Crippen LogP contribution < -0.4 is 10.6 Å². The highest BCUT2D eigenvalue weighted by atomic mass is 35.5. The lowest BCUT2D eigenvalue weighted by Crippen LogP contribution is -2.53. The predicted molar refractivity (Wildman–Crippen MR) is 125 cm³/mol. The average molecular weight is 535 g/mol. The van der Waals surface area contributed by atoms with Gasteiger partial charge in [-0.25, -0.2) is 26.9 Å². The number of hydrogen-bond acceptors (Lipinski definition) is 7. The van der Waals surface area contributed by atoms with E-state index in [0.29, 0.717) is 5.56 Å². The number of carbonyl (C=O) groups is 2. The number of amides is 2. The van der Waals surface area contributed by atoms with Gasteiger partial charge in [0.05, 0.1) is 45.5 Å². The first kappa shape index (κ1) is 25.2. The molecule has 1 aromatic carbocycles. The quantitative estimate of drug-likeness (QED) is 0.494. The maximum Gasteiger partial charge on any atom is 0.282 e. The van der Waals surface area contributed by atoms with Gasteiger partial charge in [-0.15, -0.1) is 0 Å². The summed E-state index contributed by atoms with van der Waals surface area (Å²) >= 11 is 6.13. The highest BCUT2D eigenvalue weighted by Gasteiger charge is 2.35. The van der Waals surface area contributed by atoms with Crippen LogP contribution in [0.3, 0.4) is 0 Å². The number of nitrogens with zero attached hydrogens (tertiary/aromatic N) is 4. The first-order valence-electron chi connectivity index (χ1n) is 10.4. The largest absolute Gasteiger partial charge is 0.347 e. The molecule has 2 aromatic heterocycles. The molecule has 36 heavy (non-hydrogen) atoms. The molecular formula is C22H17ClF2N6O4S. The smallest absolute Gasteiger partial charge is 0.282 e. The van der Waals surface area contributed by atoms with Crippen molar-refractivity contribution in [2.45, 2.75) is 19.4 Å². The van der Waals surface area contributed by atoms with Crippen molar-refractivity contribution in [3.05, 3.63) is 69.6 Å². The van der Waals surface area contributed by atoms with Crippen molar-refractivity contribution < 1.29 is 26.8 Å². The van der Waals surface area contributed by atoms with Gasteiger partial charge < -0.3 is 10.6 Å². The van der Waals surface area contributed by atoms with Crippen LogP contribution in [0.5, 0.6) is 0 Å². The second-order valence-corrected chi connectivity index (χ2v) is 10.6. The van der Waals surface area contributed by atoms with Crippen LogP contribution in [0, 0.1) is 18.3 Å². The van der Waals surface area contributed by atoms with E-state index in [2.05, 4.69) is 20.7 Å². The summed E-state index contributed by atoms with van der Waals surface area (Å²) in [5, 5.41) is 18.2. The predicted octanol–water partition coefficient (Wildman–Crippen LogP) is 2.82. The molecule has 10 nitrogen and oxygen atoms in total. The van der Waals surface area contributed by atoms with Crippen molar-refractivity contribution in [2.24, 2.45) is 0 Å². The summed E-state index contributed by atoms with van der Waals surface area (Å²) in [5.41, 5.74) is -0.641. The number of aryl methyl sites for hydroxylation is 1. The third kappa shape index (κ3) is 5.05. The number of sulfone groups is 1. The van der Waals surface area contributed by atoms with E-state index >= 15 is 0 Å². The Labute approximate surface area is 208 Å². The van der Waals surface area contributed by atoms with E-state index in [1.165, 1.54) is 30.5 Å². The maximum atomic E-state index is 13.4. The first-order chi connectivity index (χ1) is 17.0. The van der Waals surface area contributed by atoms with Gasteiger partial charge in [0, 0.05) is 6.20 Å². The maximum absolute atomic E-state index is 13.4. The number of benzene rings is 1. The van der Waals surface area contributed by atoms with Gasteiger partial charge in [0.15, 0.2) is 15.7 Å². The summed E-state index contributed by atoms with van der Waals surface area (Å²) < 4.78 is 50.6. The number of halogens is 3. The van der Waals surface area contributed by atoms with Gasteiger partial charge in [-0.3, -0.25) is 9.59 Å². The molecule has 0 bridgehead atoms. The average Bonchev–Trinajstić information content (AvgIpc) is 3.25. The number of aromatic nitrogens is 3. The normalized spacial score (nSPS) is 14.7. The van der Waals surface area contributed by atoms with Gasteiger partial charge in [-0.1, -0.05) is 11.6 Å². The second-order valence-electron chi connectivity index (χ2n) is 8.00. The molecule has 2 amide bonds. The molecule has 3 heterocycles. The van der Waals surface area contributed by atoms with Crippen LogP contribution in [-0.2, 0) is 9.84 Å².